The third-order valence-electron chi connectivity index (χ3n) is 4.89. The van der Waals surface area contributed by atoms with Crippen LogP contribution in [0.25, 0.3) is 0 Å². The second-order valence-corrected chi connectivity index (χ2v) is 6.89. The Morgan fingerprint density at radius 3 is 2.68 bits per heavy atom. The zero-order valence-electron chi connectivity index (χ0n) is 16.8. The molecule has 0 unspecified atom stereocenters. The molecule has 0 fully saturated rings. The highest BCUT2D eigenvalue weighted by atomic mass is 19.1. The zero-order valence-corrected chi connectivity index (χ0v) is 16.8. The molecule has 0 aromatic heterocycles. The molecule has 1 aromatic carbocycles. The molecule has 1 aliphatic heterocycles. The molecule has 2 atom stereocenters. The van der Waals surface area contributed by atoms with E-state index in [1.165, 1.54) is 17.0 Å². The zero-order chi connectivity index (χ0) is 20.8. The van der Waals surface area contributed by atoms with Crippen molar-refractivity contribution in [3.63, 3.8) is 0 Å². The van der Waals surface area contributed by atoms with Crippen LogP contribution in [-0.2, 0) is 19.1 Å². The Balaban J connectivity index is 2.40. The number of benzene rings is 1. The summed E-state index contributed by atoms with van der Waals surface area (Å²) in [7, 11) is 0. The number of carbonyl (C=O) groups excluding carboxylic acids is 3. The monoisotopic (exact) mass is 390 g/mol. The van der Waals surface area contributed by atoms with Crippen LogP contribution in [0.3, 0.4) is 0 Å². The molecule has 7 heteroatoms. The fourth-order valence-electron chi connectivity index (χ4n) is 3.25. The van der Waals surface area contributed by atoms with E-state index in [1.54, 1.807) is 26.0 Å². The van der Waals surface area contributed by atoms with E-state index in [4.69, 9.17) is 4.74 Å². The van der Waals surface area contributed by atoms with Crippen molar-refractivity contribution in [3.05, 3.63) is 46.9 Å². The molecule has 0 aliphatic carbocycles. The molecular formula is C21H27FN2O4. The van der Waals surface area contributed by atoms with Crippen molar-refractivity contribution in [1.82, 2.24) is 10.2 Å². The molecule has 1 aliphatic rings. The van der Waals surface area contributed by atoms with E-state index >= 15 is 0 Å². The van der Waals surface area contributed by atoms with Gasteiger partial charge >= 0.3 is 5.97 Å². The molecule has 0 radical (unpaired) electrons. The summed E-state index contributed by atoms with van der Waals surface area (Å²) in [6, 6.07) is 5.83. The maximum atomic E-state index is 13.7. The minimum Gasteiger partial charge on any atom is -0.463 e. The quantitative estimate of drug-likeness (QED) is 0.727. The van der Waals surface area contributed by atoms with Crippen LogP contribution in [0.5, 0.6) is 0 Å². The molecule has 1 N–H and O–H groups in total. The van der Waals surface area contributed by atoms with Crippen LogP contribution < -0.4 is 5.32 Å². The lowest BCUT2D eigenvalue weighted by molar-refractivity contribution is -0.141. The number of allylic oxidation sites excluding steroid dienone is 1. The van der Waals surface area contributed by atoms with Crippen molar-refractivity contribution in [2.75, 3.05) is 13.2 Å². The Morgan fingerprint density at radius 2 is 2.07 bits per heavy atom. The minimum absolute atomic E-state index is 0.0127. The molecule has 28 heavy (non-hydrogen) atoms. The molecule has 1 aromatic rings. The van der Waals surface area contributed by atoms with Crippen LogP contribution in [0.1, 0.15) is 52.0 Å². The van der Waals surface area contributed by atoms with Gasteiger partial charge in [0.1, 0.15) is 12.4 Å². The molecular weight excluding hydrogens is 363 g/mol. The molecule has 0 bridgehead atoms. The van der Waals surface area contributed by atoms with Crippen LogP contribution in [0.15, 0.2) is 35.5 Å². The summed E-state index contributed by atoms with van der Waals surface area (Å²) < 4.78 is 18.9. The lowest BCUT2D eigenvalue weighted by Gasteiger charge is -2.34. The highest BCUT2D eigenvalue weighted by Gasteiger charge is 2.37. The minimum atomic E-state index is -0.615. The number of nitrogens with one attached hydrogen (secondary N) is 1. The maximum Gasteiger partial charge on any atom is 0.336 e. The van der Waals surface area contributed by atoms with Gasteiger partial charge in [0.2, 0.25) is 11.8 Å². The summed E-state index contributed by atoms with van der Waals surface area (Å²) in [5, 5.41) is 2.82. The number of amides is 2. The van der Waals surface area contributed by atoms with Crippen LogP contribution in [0.4, 0.5) is 4.39 Å². The first-order valence-electron chi connectivity index (χ1n) is 9.51. The second-order valence-electron chi connectivity index (χ2n) is 6.89. The standard InChI is InChI=1S/C21H27FN2O4/c1-5-13(3)23-18(25)12-24-14(4)20(21(27)28-6-2)17(11-19(24)26)15-8-7-9-16(22)10-15/h7-10,13,17H,5-6,11-12H2,1-4H3,(H,23,25)/t13-,17+/m0/s1. The van der Waals surface area contributed by atoms with E-state index in [2.05, 4.69) is 5.32 Å². The average molecular weight is 390 g/mol. The number of carbonyl (C=O) groups is 3. The van der Waals surface area contributed by atoms with E-state index in [9.17, 15) is 18.8 Å². The van der Waals surface area contributed by atoms with Crippen molar-refractivity contribution in [3.8, 4) is 0 Å². The third kappa shape index (κ3) is 4.97. The largest absolute Gasteiger partial charge is 0.463 e. The normalized spacial score (nSPS) is 18.1. The molecule has 152 valence electrons. The fourth-order valence-corrected chi connectivity index (χ4v) is 3.25. The van der Waals surface area contributed by atoms with Gasteiger partial charge < -0.3 is 15.0 Å². The second kappa shape index (κ2) is 9.48. The lowest BCUT2D eigenvalue weighted by Crippen LogP contribution is -2.45. The van der Waals surface area contributed by atoms with Gasteiger partial charge in [0.25, 0.3) is 0 Å². The summed E-state index contributed by atoms with van der Waals surface area (Å²) in [6.45, 7) is 7.14. The summed E-state index contributed by atoms with van der Waals surface area (Å²) in [5.41, 5.74) is 1.17. The van der Waals surface area contributed by atoms with Crippen molar-refractivity contribution in [1.29, 1.82) is 0 Å². The maximum absolute atomic E-state index is 13.7. The summed E-state index contributed by atoms with van der Waals surface area (Å²) >= 11 is 0. The number of ether oxygens (including phenoxy) is 1. The molecule has 0 spiro atoms. The summed E-state index contributed by atoms with van der Waals surface area (Å²) in [5.74, 6) is -2.21. The number of hydrogen-bond acceptors (Lipinski definition) is 4. The summed E-state index contributed by atoms with van der Waals surface area (Å²) in [4.78, 5) is 39.0. The summed E-state index contributed by atoms with van der Waals surface area (Å²) in [6.07, 6.45) is 0.732. The van der Waals surface area contributed by atoms with Crippen molar-refractivity contribution < 1.29 is 23.5 Å². The van der Waals surface area contributed by atoms with Crippen LogP contribution >= 0.6 is 0 Å². The Morgan fingerprint density at radius 1 is 1.36 bits per heavy atom. The van der Waals surface area contributed by atoms with Gasteiger partial charge in [0, 0.05) is 24.1 Å². The van der Waals surface area contributed by atoms with E-state index in [-0.39, 0.29) is 43.0 Å². The van der Waals surface area contributed by atoms with Crippen molar-refractivity contribution in [2.24, 2.45) is 0 Å². The predicted octanol–water partition coefficient (Wildman–Crippen LogP) is 2.89. The smallest absolute Gasteiger partial charge is 0.336 e. The SMILES string of the molecule is CCOC(=O)C1=C(C)N(CC(=O)N[C@@H](C)CC)C(=O)C[C@@H]1c1cccc(F)c1. The van der Waals surface area contributed by atoms with Gasteiger partial charge in [-0.1, -0.05) is 19.1 Å². The third-order valence-corrected chi connectivity index (χ3v) is 4.89. The molecule has 0 saturated carbocycles. The van der Waals surface area contributed by atoms with Crippen LogP contribution in [0.2, 0.25) is 0 Å². The van der Waals surface area contributed by atoms with E-state index in [0.717, 1.165) is 6.42 Å². The number of nitrogens with zero attached hydrogens (tertiary/aromatic N) is 1. The highest BCUT2D eigenvalue weighted by molar-refractivity contribution is 5.97. The van der Waals surface area contributed by atoms with Crippen LogP contribution in [-0.4, -0.2) is 41.9 Å². The van der Waals surface area contributed by atoms with Crippen molar-refractivity contribution >= 4 is 17.8 Å². The lowest BCUT2D eigenvalue weighted by atomic mass is 9.83. The topological polar surface area (TPSA) is 75.7 Å². The highest BCUT2D eigenvalue weighted by Crippen LogP contribution is 2.37. The number of rotatable bonds is 7. The van der Waals surface area contributed by atoms with Gasteiger partial charge in [0.05, 0.1) is 12.2 Å². The Bertz CT molecular complexity index is 790. The van der Waals surface area contributed by atoms with E-state index < -0.39 is 17.7 Å². The molecule has 0 saturated heterocycles. The van der Waals surface area contributed by atoms with Gasteiger partial charge in [-0.2, -0.15) is 0 Å². The fraction of sp³-hybridized carbons (Fsp3) is 0.476. The van der Waals surface area contributed by atoms with Gasteiger partial charge in [-0.3, -0.25) is 9.59 Å². The Kier molecular flexibility index (Phi) is 7.31. The van der Waals surface area contributed by atoms with Gasteiger partial charge in [0.15, 0.2) is 0 Å². The van der Waals surface area contributed by atoms with Gasteiger partial charge in [-0.25, -0.2) is 9.18 Å². The molecule has 1 heterocycles. The first-order chi connectivity index (χ1) is 13.3. The predicted molar refractivity (Wildman–Crippen MR) is 103 cm³/mol. The van der Waals surface area contributed by atoms with E-state index in [0.29, 0.717) is 11.3 Å². The Hall–Kier alpha value is -2.70. The van der Waals surface area contributed by atoms with Crippen LogP contribution in [0, 0.1) is 5.82 Å². The molecule has 6 nitrogen and oxygen atoms in total. The van der Waals surface area contributed by atoms with Gasteiger partial charge in [-0.05, 0) is 44.9 Å². The first kappa shape index (κ1) is 21.6. The van der Waals surface area contributed by atoms with Crippen molar-refractivity contribution in [2.45, 2.75) is 52.5 Å². The first-order valence-corrected chi connectivity index (χ1v) is 9.51. The Labute approximate surface area is 164 Å². The number of esters is 1. The van der Waals surface area contributed by atoms with Gasteiger partial charge in [-0.15, -0.1) is 0 Å². The number of hydrogen-bond donors (Lipinski definition) is 1. The average Bonchev–Trinajstić information content (AvgIpc) is 2.64. The molecule has 2 amide bonds. The number of halogens is 1. The van der Waals surface area contributed by atoms with E-state index in [1.807, 2.05) is 13.8 Å². The molecule has 2 rings (SSSR count).